The average molecular weight is 494 g/mol. The SMILES string of the molecule is CS(=O)(=O)Nc1ccc(-c2csc(NC(=O)Cc3cc(Cl)c4c(c3)OCCCO4)n2)cc1. The zero-order chi connectivity index (χ0) is 22.7. The quantitative estimate of drug-likeness (QED) is 0.533. The highest BCUT2D eigenvalue weighted by Gasteiger charge is 2.17. The van der Waals surface area contributed by atoms with Crippen molar-refractivity contribution in [3.05, 3.63) is 52.4 Å². The Kier molecular flexibility index (Phi) is 6.54. The largest absolute Gasteiger partial charge is 0.489 e. The van der Waals surface area contributed by atoms with Gasteiger partial charge in [0.25, 0.3) is 0 Å². The summed E-state index contributed by atoms with van der Waals surface area (Å²) in [6, 6.07) is 10.3. The minimum atomic E-state index is -3.33. The lowest BCUT2D eigenvalue weighted by atomic mass is 10.1. The van der Waals surface area contributed by atoms with Crippen molar-refractivity contribution in [1.82, 2.24) is 4.98 Å². The van der Waals surface area contributed by atoms with Crippen LogP contribution in [-0.4, -0.2) is 38.8 Å². The maximum Gasteiger partial charge on any atom is 0.230 e. The number of hydrogen-bond donors (Lipinski definition) is 2. The molecule has 0 atom stereocenters. The van der Waals surface area contributed by atoms with Gasteiger partial charge in [-0.05, 0) is 29.8 Å². The van der Waals surface area contributed by atoms with E-state index in [0.717, 1.165) is 18.2 Å². The third-order valence-corrected chi connectivity index (χ3v) is 6.11. The maximum atomic E-state index is 12.5. The minimum Gasteiger partial charge on any atom is -0.489 e. The van der Waals surface area contributed by atoms with Gasteiger partial charge < -0.3 is 14.8 Å². The second kappa shape index (κ2) is 9.35. The molecule has 0 unspecified atom stereocenters. The van der Waals surface area contributed by atoms with Crippen molar-refractivity contribution in [2.24, 2.45) is 0 Å². The van der Waals surface area contributed by atoms with Crippen LogP contribution in [0.25, 0.3) is 11.3 Å². The summed E-state index contributed by atoms with van der Waals surface area (Å²) in [6.07, 6.45) is 1.97. The number of rotatable bonds is 6. The molecule has 1 amide bonds. The van der Waals surface area contributed by atoms with Crippen molar-refractivity contribution in [3.63, 3.8) is 0 Å². The highest BCUT2D eigenvalue weighted by molar-refractivity contribution is 7.92. The number of aromatic nitrogens is 1. The topological polar surface area (TPSA) is 107 Å². The molecule has 0 bridgehead atoms. The molecule has 1 aliphatic heterocycles. The van der Waals surface area contributed by atoms with Crippen LogP contribution in [0.5, 0.6) is 11.5 Å². The molecule has 0 saturated heterocycles. The first-order valence-corrected chi connectivity index (χ1v) is 12.8. The van der Waals surface area contributed by atoms with Gasteiger partial charge in [0.2, 0.25) is 15.9 Å². The smallest absolute Gasteiger partial charge is 0.230 e. The third kappa shape index (κ3) is 5.70. The Morgan fingerprint density at radius 2 is 1.94 bits per heavy atom. The second-order valence-electron chi connectivity index (χ2n) is 7.17. The molecule has 11 heteroatoms. The number of benzene rings is 2. The Bertz CT molecular complexity index is 1240. The summed E-state index contributed by atoms with van der Waals surface area (Å²) in [5.74, 6) is 0.822. The molecule has 0 fully saturated rings. The molecule has 2 aromatic carbocycles. The van der Waals surface area contributed by atoms with E-state index in [9.17, 15) is 13.2 Å². The van der Waals surface area contributed by atoms with Crippen LogP contribution in [-0.2, 0) is 21.2 Å². The first kappa shape index (κ1) is 22.4. The van der Waals surface area contributed by atoms with Crippen molar-refractivity contribution in [2.45, 2.75) is 12.8 Å². The number of thiazole rings is 1. The monoisotopic (exact) mass is 493 g/mol. The highest BCUT2D eigenvalue weighted by Crippen LogP contribution is 2.38. The summed E-state index contributed by atoms with van der Waals surface area (Å²) < 4.78 is 36.3. The number of sulfonamides is 1. The molecular weight excluding hydrogens is 474 g/mol. The lowest BCUT2D eigenvalue weighted by Gasteiger charge is -2.11. The Labute approximate surface area is 194 Å². The number of ether oxygens (including phenoxy) is 2. The fraction of sp³-hybridized carbons (Fsp3) is 0.238. The summed E-state index contributed by atoms with van der Waals surface area (Å²) in [5.41, 5.74) is 2.65. The van der Waals surface area contributed by atoms with Crippen molar-refractivity contribution in [3.8, 4) is 22.8 Å². The number of halogens is 1. The van der Waals surface area contributed by atoms with Gasteiger partial charge in [0.15, 0.2) is 16.6 Å². The number of hydrogen-bond acceptors (Lipinski definition) is 7. The van der Waals surface area contributed by atoms with Crippen molar-refractivity contribution >= 4 is 49.7 Å². The molecule has 1 aliphatic rings. The van der Waals surface area contributed by atoms with Gasteiger partial charge in [0.05, 0.1) is 36.6 Å². The van der Waals surface area contributed by atoms with Gasteiger partial charge in [-0.2, -0.15) is 0 Å². The molecule has 0 aliphatic carbocycles. The Balaban J connectivity index is 1.41. The molecule has 2 N–H and O–H groups in total. The van der Waals surface area contributed by atoms with E-state index in [2.05, 4.69) is 15.0 Å². The Hall–Kier alpha value is -2.82. The summed E-state index contributed by atoms with van der Waals surface area (Å²) in [7, 11) is -3.33. The van der Waals surface area contributed by atoms with Crippen LogP contribution in [0.15, 0.2) is 41.8 Å². The Morgan fingerprint density at radius 3 is 2.69 bits per heavy atom. The van der Waals surface area contributed by atoms with Gasteiger partial charge in [0, 0.05) is 23.1 Å². The lowest BCUT2D eigenvalue weighted by molar-refractivity contribution is -0.115. The van der Waals surface area contributed by atoms with E-state index in [1.807, 2.05) is 5.38 Å². The Morgan fingerprint density at radius 1 is 1.19 bits per heavy atom. The summed E-state index contributed by atoms with van der Waals surface area (Å²) in [6.45, 7) is 1.07. The van der Waals surface area contributed by atoms with Gasteiger partial charge in [0.1, 0.15) is 0 Å². The zero-order valence-electron chi connectivity index (χ0n) is 17.1. The number of carbonyl (C=O) groups is 1. The second-order valence-corrected chi connectivity index (χ2v) is 10.2. The average Bonchev–Trinajstić information content (AvgIpc) is 3.03. The van der Waals surface area contributed by atoms with E-state index in [-0.39, 0.29) is 12.3 Å². The number of fused-ring (bicyclic) bond motifs is 1. The normalized spacial score (nSPS) is 13.3. The maximum absolute atomic E-state index is 12.5. The van der Waals surface area contributed by atoms with Crippen molar-refractivity contribution in [2.75, 3.05) is 29.5 Å². The molecule has 0 spiro atoms. The van der Waals surface area contributed by atoms with Crippen molar-refractivity contribution in [1.29, 1.82) is 0 Å². The van der Waals surface area contributed by atoms with Gasteiger partial charge in [-0.1, -0.05) is 23.7 Å². The van der Waals surface area contributed by atoms with Crippen LogP contribution < -0.4 is 19.5 Å². The van der Waals surface area contributed by atoms with E-state index in [0.29, 0.717) is 51.8 Å². The third-order valence-electron chi connectivity index (χ3n) is 4.46. The lowest BCUT2D eigenvalue weighted by Crippen LogP contribution is -2.14. The minimum absolute atomic E-state index is 0.108. The van der Waals surface area contributed by atoms with Crippen LogP contribution in [0.4, 0.5) is 10.8 Å². The van der Waals surface area contributed by atoms with E-state index in [1.165, 1.54) is 11.3 Å². The molecule has 32 heavy (non-hydrogen) atoms. The van der Waals surface area contributed by atoms with E-state index in [1.54, 1.807) is 36.4 Å². The molecule has 4 rings (SSSR count). The molecular formula is C21H20ClN3O5S2. The standard InChI is InChI=1S/C21H20ClN3O5S2/c1-32(27,28)25-15-5-3-14(4-6-15)17-12-31-21(23-17)24-19(26)11-13-9-16(22)20-18(10-13)29-7-2-8-30-20/h3-6,9-10,12,25H,2,7-8,11H2,1H3,(H,23,24,26). The molecule has 0 saturated carbocycles. The van der Waals surface area contributed by atoms with Crippen LogP contribution in [0.1, 0.15) is 12.0 Å². The molecule has 3 aromatic rings. The highest BCUT2D eigenvalue weighted by atomic mass is 35.5. The van der Waals surface area contributed by atoms with Gasteiger partial charge in [-0.25, -0.2) is 13.4 Å². The van der Waals surface area contributed by atoms with Crippen LogP contribution in [0.2, 0.25) is 5.02 Å². The number of carbonyl (C=O) groups excluding carboxylic acids is 1. The molecule has 8 nitrogen and oxygen atoms in total. The first-order chi connectivity index (χ1) is 15.3. The molecule has 1 aromatic heterocycles. The molecule has 168 valence electrons. The number of nitrogens with zero attached hydrogens (tertiary/aromatic N) is 1. The number of amides is 1. The van der Waals surface area contributed by atoms with Crippen LogP contribution in [0, 0.1) is 0 Å². The molecule has 0 radical (unpaired) electrons. The number of anilines is 2. The summed E-state index contributed by atoms with van der Waals surface area (Å²) in [4.78, 5) is 17.0. The number of nitrogens with one attached hydrogen (secondary N) is 2. The van der Waals surface area contributed by atoms with Crippen LogP contribution in [0.3, 0.4) is 0 Å². The van der Waals surface area contributed by atoms with Crippen LogP contribution >= 0.6 is 22.9 Å². The fourth-order valence-electron chi connectivity index (χ4n) is 3.12. The fourth-order valence-corrected chi connectivity index (χ4v) is 4.71. The van der Waals surface area contributed by atoms with E-state index >= 15 is 0 Å². The predicted molar refractivity (Wildman–Crippen MR) is 125 cm³/mol. The summed E-state index contributed by atoms with van der Waals surface area (Å²) in [5, 5.41) is 5.49. The first-order valence-electron chi connectivity index (χ1n) is 9.68. The van der Waals surface area contributed by atoms with Crippen molar-refractivity contribution < 1.29 is 22.7 Å². The van der Waals surface area contributed by atoms with E-state index < -0.39 is 10.0 Å². The van der Waals surface area contributed by atoms with Gasteiger partial charge in [-0.3, -0.25) is 9.52 Å². The molecule has 2 heterocycles. The van der Waals surface area contributed by atoms with Gasteiger partial charge >= 0.3 is 0 Å². The van der Waals surface area contributed by atoms with E-state index in [4.69, 9.17) is 21.1 Å². The predicted octanol–water partition coefficient (Wildman–Crippen LogP) is 4.18. The van der Waals surface area contributed by atoms with Gasteiger partial charge in [-0.15, -0.1) is 11.3 Å². The summed E-state index contributed by atoms with van der Waals surface area (Å²) >= 11 is 7.60. The zero-order valence-corrected chi connectivity index (χ0v) is 19.4.